The van der Waals surface area contributed by atoms with Crippen LogP contribution in [-0.2, 0) is 9.84 Å². The van der Waals surface area contributed by atoms with E-state index in [0.717, 1.165) is 0 Å². The van der Waals surface area contributed by atoms with Gasteiger partial charge in [-0.15, -0.1) is 6.58 Å². The van der Waals surface area contributed by atoms with E-state index >= 15 is 0 Å². The summed E-state index contributed by atoms with van der Waals surface area (Å²) in [6.07, 6.45) is 1.58. The lowest BCUT2D eigenvalue weighted by Crippen LogP contribution is -2.10. The predicted octanol–water partition coefficient (Wildman–Crippen LogP) is 4.41. The summed E-state index contributed by atoms with van der Waals surface area (Å²) in [5.41, 5.74) is 0.918. The van der Waals surface area contributed by atoms with E-state index in [4.69, 9.17) is 0 Å². The van der Waals surface area contributed by atoms with Crippen LogP contribution in [0.5, 0.6) is 0 Å². The van der Waals surface area contributed by atoms with Crippen LogP contribution in [0.25, 0.3) is 10.9 Å². The molecule has 130 valence electrons. The normalized spacial score (nSPS) is 10.8. The van der Waals surface area contributed by atoms with Crippen LogP contribution in [-0.4, -0.2) is 24.9 Å². The van der Waals surface area contributed by atoms with Crippen LogP contribution in [0, 0.1) is 0 Å². The fraction of sp³-hybridized carbons (Fsp3) is 0.150. The Morgan fingerprint density at radius 2 is 1.60 bits per heavy atom. The van der Waals surface area contributed by atoms with Crippen LogP contribution in [0.2, 0.25) is 0 Å². The third-order valence-corrected chi connectivity index (χ3v) is 5.19. The molecule has 5 heteroatoms. The number of aromatic amines is 1. The molecule has 0 aliphatic heterocycles. The van der Waals surface area contributed by atoms with Crippen LogP contribution in [0.1, 0.15) is 23.7 Å². The van der Waals surface area contributed by atoms with Crippen LogP contribution in [0.15, 0.2) is 78.3 Å². The minimum Gasteiger partial charge on any atom is -0.345 e. The number of hydrogen-bond donors (Lipinski definition) is 1. The number of para-hydroxylation sites is 1. The highest BCUT2D eigenvalue weighted by atomic mass is 32.2. The van der Waals surface area contributed by atoms with Crippen molar-refractivity contribution in [3.05, 3.63) is 78.9 Å². The third-order valence-electron chi connectivity index (χ3n) is 3.59. The second kappa shape index (κ2) is 8.44. The summed E-state index contributed by atoms with van der Waals surface area (Å²) in [5.74, 6) is -0.371. The number of Topliss-reactive ketones (excluding diaryl/α,β-unsaturated/α-hetero) is 1. The molecule has 0 saturated carbocycles. The lowest BCUT2D eigenvalue weighted by atomic mass is 10.1. The molecule has 0 aliphatic rings. The Labute approximate surface area is 148 Å². The first-order valence-corrected chi connectivity index (χ1v) is 9.64. The molecular weight excluding hydrogens is 334 g/mol. The molecule has 0 unspecified atom stereocenters. The summed E-state index contributed by atoms with van der Waals surface area (Å²) < 4.78 is 24.4. The van der Waals surface area contributed by atoms with Gasteiger partial charge in [-0.3, -0.25) is 4.79 Å². The Hall–Kier alpha value is -2.66. The van der Waals surface area contributed by atoms with Crippen molar-refractivity contribution >= 4 is 26.5 Å². The predicted molar refractivity (Wildman–Crippen MR) is 102 cm³/mol. The molecule has 0 aliphatic carbocycles. The molecule has 0 amide bonds. The summed E-state index contributed by atoms with van der Waals surface area (Å²) in [6, 6.07) is 19.1. The van der Waals surface area contributed by atoms with Gasteiger partial charge in [0.2, 0.25) is 0 Å². The van der Waals surface area contributed by atoms with Crippen LogP contribution in [0.4, 0.5) is 0 Å². The van der Waals surface area contributed by atoms with Gasteiger partial charge < -0.3 is 4.98 Å². The van der Waals surface area contributed by atoms with E-state index in [2.05, 4.69) is 11.6 Å². The summed E-state index contributed by atoms with van der Waals surface area (Å²) in [7, 11) is -3.55. The average Bonchev–Trinajstić information content (AvgIpc) is 3.03. The summed E-state index contributed by atoms with van der Waals surface area (Å²) >= 11 is 0. The summed E-state index contributed by atoms with van der Waals surface area (Å²) in [5, 5.41) is 0.650. The van der Waals surface area contributed by atoms with Crippen molar-refractivity contribution < 1.29 is 13.2 Å². The summed E-state index contributed by atoms with van der Waals surface area (Å²) in [4.78, 5) is 14.9. The maximum Gasteiger partial charge on any atom is 0.197 e. The molecule has 2 aromatic carbocycles. The van der Waals surface area contributed by atoms with Gasteiger partial charge in [-0.2, -0.15) is 0 Å². The zero-order valence-electron chi connectivity index (χ0n) is 14.1. The minimum absolute atomic E-state index is 0.000417. The van der Waals surface area contributed by atoms with Crippen LogP contribution in [0.3, 0.4) is 0 Å². The Morgan fingerprint density at radius 1 is 1.04 bits per heavy atom. The number of H-pyrrole nitrogens is 1. The molecule has 1 aromatic heterocycles. The van der Waals surface area contributed by atoms with Crippen LogP contribution >= 0.6 is 0 Å². The Balaban J connectivity index is 0.000000316. The molecule has 1 N–H and O–H groups in total. The first kappa shape index (κ1) is 18.7. The van der Waals surface area contributed by atoms with Crippen molar-refractivity contribution in [3.8, 4) is 0 Å². The van der Waals surface area contributed by atoms with Gasteiger partial charge in [-0.25, -0.2) is 8.42 Å². The van der Waals surface area contributed by atoms with E-state index in [-0.39, 0.29) is 28.5 Å². The zero-order valence-corrected chi connectivity index (χ0v) is 14.9. The molecule has 0 atom stereocenters. The first-order chi connectivity index (χ1) is 12.0. The molecule has 0 spiro atoms. The topological polar surface area (TPSA) is 67.0 Å². The smallest absolute Gasteiger partial charge is 0.197 e. The van der Waals surface area contributed by atoms with Crippen molar-refractivity contribution in [2.24, 2.45) is 0 Å². The number of aromatic nitrogens is 1. The zero-order chi connectivity index (χ0) is 18.3. The van der Waals surface area contributed by atoms with Gasteiger partial charge in [0.15, 0.2) is 15.6 Å². The maximum atomic E-state index is 12.2. The maximum absolute atomic E-state index is 12.2. The molecule has 0 bridgehead atoms. The Morgan fingerprint density at radius 3 is 2.12 bits per heavy atom. The number of carbonyl (C=O) groups excluding carboxylic acids is 1. The Kier molecular flexibility index (Phi) is 6.31. The number of rotatable bonds is 5. The number of sulfone groups is 1. The van der Waals surface area contributed by atoms with Crippen LogP contribution < -0.4 is 0 Å². The van der Waals surface area contributed by atoms with Crippen molar-refractivity contribution in [1.29, 1.82) is 0 Å². The lowest BCUT2D eigenvalue weighted by Gasteiger charge is -2.02. The fourth-order valence-electron chi connectivity index (χ4n) is 2.43. The van der Waals surface area contributed by atoms with Gasteiger partial charge in [0.05, 0.1) is 11.3 Å². The molecule has 1 heterocycles. The molecule has 25 heavy (non-hydrogen) atoms. The number of nitrogens with one attached hydrogen (secondary N) is 1. The number of fused-ring (bicyclic) bond motifs is 1. The van der Waals surface area contributed by atoms with Gasteiger partial charge in [0.1, 0.15) is 5.03 Å². The number of ketones is 1. The van der Waals surface area contributed by atoms with Gasteiger partial charge in [0, 0.05) is 17.3 Å². The summed E-state index contributed by atoms with van der Waals surface area (Å²) in [6.45, 7) is 5.16. The molecular formula is C20H21NO3S. The number of benzene rings is 2. The molecule has 0 fully saturated rings. The van der Waals surface area contributed by atoms with Crippen molar-refractivity contribution in [2.75, 3.05) is 5.75 Å². The minimum atomic E-state index is -3.55. The van der Waals surface area contributed by atoms with E-state index < -0.39 is 9.84 Å². The second-order valence-corrected chi connectivity index (χ2v) is 7.35. The third kappa shape index (κ3) is 4.45. The highest BCUT2D eigenvalue weighted by Crippen LogP contribution is 2.27. The highest BCUT2D eigenvalue weighted by molar-refractivity contribution is 7.91. The number of hydrogen-bond acceptors (Lipinski definition) is 3. The van der Waals surface area contributed by atoms with Crippen molar-refractivity contribution in [2.45, 2.75) is 18.4 Å². The van der Waals surface area contributed by atoms with E-state index in [9.17, 15) is 13.2 Å². The van der Waals surface area contributed by atoms with Gasteiger partial charge in [-0.1, -0.05) is 67.6 Å². The molecule has 4 nitrogen and oxygen atoms in total. The molecule has 3 aromatic rings. The fourth-order valence-corrected chi connectivity index (χ4v) is 3.70. The standard InChI is InChI=1S/C14H15NO3S.C6H6/c1-3-9-19(17,18)14-13(12(16)4-2)10-7-5-6-8-11(10)15-14;1-2-4-6-5-3-1/h3,5-8,15H,1,4,9H2,2H3;1-6H. The molecule has 0 radical (unpaired) electrons. The highest BCUT2D eigenvalue weighted by Gasteiger charge is 2.25. The molecule has 3 rings (SSSR count). The largest absolute Gasteiger partial charge is 0.345 e. The quantitative estimate of drug-likeness (QED) is 0.544. The van der Waals surface area contributed by atoms with E-state index in [1.807, 2.05) is 36.4 Å². The van der Waals surface area contributed by atoms with Gasteiger partial charge in [-0.05, 0) is 6.07 Å². The average molecular weight is 355 g/mol. The van der Waals surface area contributed by atoms with Gasteiger partial charge >= 0.3 is 0 Å². The number of carbonyl (C=O) groups is 1. The van der Waals surface area contributed by atoms with Crippen molar-refractivity contribution in [3.63, 3.8) is 0 Å². The SMILES string of the molecule is C=CCS(=O)(=O)c1[nH]c2ccccc2c1C(=O)CC.c1ccccc1. The van der Waals surface area contributed by atoms with Gasteiger partial charge in [0.25, 0.3) is 0 Å². The van der Waals surface area contributed by atoms with E-state index in [1.54, 1.807) is 31.2 Å². The second-order valence-electron chi connectivity index (χ2n) is 5.38. The van der Waals surface area contributed by atoms with E-state index in [0.29, 0.717) is 10.9 Å². The van der Waals surface area contributed by atoms with Crippen molar-refractivity contribution in [1.82, 2.24) is 4.98 Å². The first-order valence-electron chi connectivity index (χ1n) is 7.98. The Bertz CT molecular complexity index is 930. The van der Waals surface area contributed by atoms with E-state index in [1.165, 1.54) is 6.08 Å². The monoisotopic (exact) mass is 355 g/mol. The lowest BCUT2D eigenvalue weighted by molar-refractivity contribution is 0.0986. The molecule has 0 saturated heterocycles.